The fourth-order valence-corrected chi connectivity index (χ4v) is 2.60. The number of anilines is 1. The fraction of sp³-hybridized carbons (Fsp3) is 0.231. The minimum Gasteiger partial charge on any atom is -0.322 e. The molecule has 1 aromatic carbocycles. The molecule has 19 heavy (non-hydrogen) atoms. The molecule has 1 unspecified atom stereocenters. The number of aromatic nitrogens is 1. The van der Waals surface area contributed by atoms with Crippen LogP contribution in [0, 0.1) is 6.92 Å². The Balaban J connectivity index is 2.21. The summed E-state index contributed by atoms with van der Waals surface area (Å²) in [6.07, 6.45) is 0. The van der Waals surface area contributed by atoms with Gasteiger partial charge in [-0.15, -0.1) is 11.3 Å². The lowest BCUT2D eigenvalue weighted by Crippen LogP contribution is -2.14. The van der Waals surface area contributed by atoms with Crippen molar-refractivity contribution in [3.05, 3.63) is 44.9 Å². The first-order chi connectivity index (χ1) is 8.99. The van der Waals surface area contributed by atoms with Gasteiger partial charge < -0.3 is 11.1 Å². The molecule has 0 saturated heterocycles. The lowest BCUT2D eigenvalue weighted by Gasteiger charge is -2.08. The van der Waals surface area contributed by atoms with Gasteiger partial charge >= 0.3 is 0 Å². The van der Waals surface area contributed by atoms with Gasteiger partial charge in [0.15, 0.2) is 0 Å². The number of rotatable bonds is 3. The van der Waals surface area contributed by atoms with Gasteiger partial charge in [0.2, 0.25) is 0 Å². The molecule has 2 aromatic rings. The summed E-state index contributed by atoms with van der Waals surface area (Å²) in [5.74, 6) is -0.278. The molecule has 0 radical (unpaired) electrons. The van der Waals surface area contributed by atoms with E-state index in [1.807, 2.05) is 26.0 Å². The Morgan fingerprint density at radius 2 is 2.26 bits per heavy atom. The van der Waals surface area contributed by atoms with Crippen molar-refractivity contribution in [1.82, 2.24) is 4.98 Å². The van der Waals surface area contributed by atoms with E-state index in [1.165, 1.54) is 11.3 Å². The minimum absolute atomic E-state index is 0.173. The number of nitrogens with zero attached hydrogens (tertiary/aromatic N) is 1. The molecule has 0 bridgehead atoms. The van der Waals surface area contributed by atoms with Crippen LogP contribution in [0.1, 0.15) is 34.0 Å². The second kappa shape index (κ2) is 5.69. The molecule has 1 amide bonds. The first kappa shape index (κ1) is 14.0. The van der Waals surface area contributed by atoms with Gasteiger partial charge in [-0.25, -0.2) is 4.98 Å². The molecule has 0 aliphatic rings. The quantitative estimate of drug-likeness (QED) is 0.912. The maximum absolute atomic E-state index is 12.1. The van der Waals surface area contributed by atoms with Gasteiger partial charge in [0.25, 0.3) is 5.91 Å². The molecule has 1 heterocycles. The summed E-state index contributed by atoms with van der Waals surface area (Å²) >= 11 is 7.44. The average Bonchev–Trinajstić information content (AvgIpc) is 2.83. The zero-order valence-corrected chi connectivity index (χ0v) is 12.2. The maximum Gasteiger partial charge on any atom is 0.275 e. The Labute approximate surface area is 120 Å². The van der Waals surface area contributed by atoms with Crippen LogP contribution in [-0.4, -0.2) is 10.9 Å². The van der Waals surface area contributed by atoms with Gasteiger partial charge in [0.05, 0.1) is 16.8 Å². The summed E-state index contributed by atoms with van der Waals surface area (Å²) in [5, 5.41) is 5.72. The zero-order chi connectivity index (χ0) is 14.0. The van der Waals surface area contributed by atoms with E-state index in [1.54, 1.807) is 11.4 Å². The molecule has 0 saturated carbocycles. The first-order valence-electron chi connectivity index (χ1n) is 5.76. The smallest absolute Gasteiger partial charge is 0.275 e. The van der Waals surface area contributed by atoms with Crippen molar-refractivity contribution in [2.24, 2.45) is 5.73 Å². The largest absolute Gasteiger partial charge is 0.322 e. The predicted octanol–water partition coefficient (Wildman–Crippen LogP) is 3.38. The fourth-order valence-electron chi connectivity index (χ4n) is 1.57. The van der Waals surface area contributed by atoms with Crippen molar-refractivity contribution in [1.29, 1.82) is 0 Å². The highest BCUT2D eigenvalue weighted by Gasteiger charge is 2.14. The lowest BCUT2D eigenvalue weighted by molar-refractivity contribution is 0.102. The average molecular weight is 296 g/mol. The van der Waals surface area contributed by atoms with Gasteiger partial charge in [-0.1, -0.05) is 23.7 Å². The topological polar surface area (TPSA) is 68.0 Å². The van der Waals surface area contributed by atoms with Crippen molar-refractivity contribution >= 4 is 34.5 Å². The second-order valence-corrected chi connectivity index (χ2v) is 5.54. The molecule has 0 fully saturated rings. The number of amides is 1. The van der Waals surface area contributed by atoms with Crippen LogP contribution < -0.4 is 11.1 Å². The SMILES string of the molecule is Cc1cccc(Cl)c1NC(=O)c1csc(C(C)N)n1. The highest BCUT2D eigenvalue weighted by Crippen LogP contribution is 2.26. The summed E-state index contributed by atoms with van der Waals surface area (Å²) in [4.78, 5) is 16.3. The third kappa shape index (κ3) is 3.12. The summed E-state index contributed by atoms with van der Waals surface area (Å²) in [5.41, 5.74) is 7.60. The standard InChI is InChI=1S/C13H14ClN3OS/c1-7-4-3-5-9(14)11(7)17-12(18)10-6-19-13(16-10)8(2)15/h3-6,8H,15H2,1-2H3,(H,17,18). The second-order valence-electron chi connectivity index (χ2n) is 4.25. The molecule has 0 spiro atoms. The lowest BCUT2D eigenvalue weighted by atomic mass is 10.2. The number of halogens is 1. The van der Waals surface area contributed by atoms with E-state index < -0.39 is 0 Å². The Morgan fingerprint density at radius 1 is 1.53 bits per heavy atom. The number of hydrogen-bond donors (Lipinski definition) is 2. The number of aryl methyl sites for hydroxylation is 1. The number of hydrogen-bond acceptors (Lipinski definition) is 4. The van der Waals surface area contributed by atoms with Crippen LogP contribution in [0.4, 0.5) is 5.69 Å². The number of benzene rings is 1. The van der Waals surface area contributed by atoms with E-state index in [2.05, 4.69) is 10.3 Å². The predicted molar refractivity (Wildman–Crippen MR) is 78.9 cm³/mol. The van der Waals surface area contributed by atoms with E-state index in [-0.39, 0.29) is 11.9 Å². The van der Waals surface area contributed by atoms with E-state index in [0.29, 0.717) is 16.4 Å². The normalized spacial score (nSPS) is 12.2. The molecule has 100 valence electrons. The van der Waals surface area contributed by atoms with Crippen LogP contribution in [0.2, 0.25) is 5.02 Å². The highest BCUT2D eigenvalue weighted by atomic mass is 35.5. The van der Waals surface area contributed by atoms with Gasteiger partial charge in [-0.2, -0.15) is 0 Å². The number of carbonyl (C=O) groups is 1. The Kier molecular flexibility index (Phi) is 4.19. The van der Waals surface area contributed by atoms with E-state index in [4.69, 9.17) is 17.3 Å². The maximum atomic E-state index is 12.1. The van der Waals surface area contributed by atoms with Crippen LogP contribution in [0.25, 0.3) is 0 Å². The van der Waals surface area contributed by atoms with Crippen LogP contribution in [0.15, 0.2) is 23.6 Å². The van der Waals surface area contributed by atoms with Gasteiger partial charge in [-0.3, -0.25) is 4.79 Å². The van der Waals surface area contributed by atoms with E-state index >= 15 is 0 Å². The monoisotopic (exact) mass is 295 g/mol. The van der Waals surface area contributed by atoms with Crippen molar-refractivity contribution in [2.75, 3.05) is 5.32 Å². The van der Waals surface area contributed by atoms with Crippen LogP contribution >= 0.6 is 22.9 Å². The van der Waals surface area contributed by atoms with Crippen LogP contribution in [0.5, 0.6) is 0 Å². The Bertz CT molecular complexity index is 589. The molecule has 1 aromatic heterocycles. The molecule has 2 rings (SSSR count). The van der Waals surface area contributed by atoms with Crippen molar-refractivity contribution in [3.8, 4) is 0 Å². The van der Waals surface area contributed by atoms with Crippen molar-refractivity contribution in [3.63, 3.8) is 0 Å². The van der Waals surface area contributed by atoms with Gasteiger partial charge in [0.1, 0.15) is 10.7 Å². The molecule has 3 N–H and O–H groups in total. The molecular weight excluding hydrogens is 282 g/mol. The van der Waals surface area contributed by atoms with Gasteiger partial charge in [0, 0.05) is 5.38 Å². The third-order valence-electron chi connectivity index (χ3n) is 2.60. The molecule has 0 aliphatic carbocycles. The summed E-state index contributed by atoms with van der Waals surface area (Å²) in [7, 11) is 0. The number of para-hydroxylation sites is 1. The number of nitrogens with two attached hydrogens (primary N) is 1. The first-order valence-corrected chi connectivity index (χ1v) is 7.02. The zero-order valence-electron chi connectivity index (χ0n) is 10.6. The molecule has 1 atom stereocenters. The van der Waals surface area contributed by atoms with Gasteiger partial charge in [-0.05, 0) is 25.5 Å². The van der Waals surface area contributed by atoms with Crippen LogP contribution in [-0.2, 0) is 0 Å². The summed E-state index contributed by atoms with van der Waals surface area (Å²) < 4.78 is 0. The number of thiazole rings is 1. The minimum atomic E-state index is -0.278. The summed E-state index contributed by atoms with van der Waals surface area (Å²) in [6, 6.07) is 5.28. The molecular formula is C13H14ClN3OS. The van der Waals surface area contributed by atoms with E-state index in [9.17, 15) is 4.79 Å². The Morgan fingerprint density at radius 3 is 2.84 bits per heavy atom. The van der Waals surface area contributed by atoms with Crippen molar-refractivity contribution < 1.29 is 4.79 Å². The third-order valence-corrected chi connectivity index (χ3v) is 3.97. The number of carbonyl (C=O) groups excluding carboxylic acids is 1. The summed E-state index contributed by atoms with van der Waals surface area (Å²) in [6.45, 7) is 3.72. The molecule has 4 nitrogen and oxygen atoms in total. The van der Waals surface area contributed by atoms with Crippen molar-refractivity contribution in [2.45, 2.75) is 19.9 Å². The number of nitrogens with one attached hydrogen (secondary N) is 1. The van der Waals surface area contributed by atoms with E-state index in [0.717, 1.165) is 10.6 Å². The molecule has 0 aliphatic heterocycles. The van der Waals surface area contributed by atoms with Crippen LogP contribution in [0.3, 0.4) is 0 Å². The Hall–Kier alpha value is -1.43. The highest BCUT2D eigenvalue weighted by molar-refractivity contribution is 7.09. The molecule has 6 heteroatoms.